The number of amides is 2. The van der Waals surface area contributed by atoms with E-state index in [4.69, 9.17) is 23.2 Å². The van der Waals surface area contributed by atoms with Crippen LogP contribution in [0.5, 0.6) is 5.75 Å². The zero-order valence-corrected chi connectivity index (χ0v) is 11.6. The maximum Gasteiger partial charge on any atom is 0.255 e. The van der Waals surface area contributed by atoms with E-state index in [2.05, 4.69) is 5.32 Å². The summed E-state index contributed by atoms with van der Waals surface area (Å²) in [4.78, 5) is 24.9. The topological polar surface area (TPSA) is 69.6 Å². The van der Waals surface area contributed by atoms with E-state index in [0.717, 1.165) is 0 Å². The molecule has 1 aliphatic heterocycles. The maximum atomic E-state index is 12.0. The first-order valence-electron chi connectivity index (χ1n) is 5.61. The highest BCUT2D eigenvalue weighted by Crippen LogP contribution is 2.31. The Hall–Kier alpha value is -1.46. The lowest BCUT2D eigenvalue weighted by Gasteiger charge is -2.13. The minimum atomic E-state index is -0.505. The standard InChI is InChI=1S/C12H12Cl2N2O3/c1-16-5-7(4-10(16)17)15-12(19)8-2-6(13)3-9(14)11(8)18/h2-3,7,18H,4-5H2,1H3,(H,15,19). The molecule has 1 fully saturated rings. The second kappa shape index (κ2) is 5.27. The van der Waals surface area contributed by atoms with Gasteiger partial charge >= 0.3 is 0 Å². The zero-order chi connectivity index (χ0) is 14.2. The smallest absolute Gasteiger partial charge is 0.255 e. The van der Waals surface area contributed by atoms with E-state index in [1.54, 1.807) is 7.05 Å². The van der Waals surface area contributed by atoms with E-state index in [9.17, 15) is 14.7 Å². The molecule has 102 valence electrons. The summed E-state index contributed by atoms with van der Waals surface area (Å²) in [5.41, 5.74) is -0.000461. The van der Waals surface area contributed by atoms with Gasteiger partial charge in [0.05, 0.1) is 16.6 Å². The van der Waals surface area contributed by atoms with Gasteiger partial charge in [-0.15, -0.1) is 0 Å². The highest BCUT2D eigenvalue weighted by Gasteiger charge is 2.29. The fourth-order valence-corrected chi connectivity index (χ4v) is 2.46. The summed E-state index contributed by atoms with van der Waals surface area (Å²) in [5.74, 6) is -0.852. The van der Waals surface area contributed by atoms with Crippen molar-refractivity contribution in [2.45, 2.75) is 12.5 Å². The van der Waals surface area contributed by atoms with Gasteiger partial charge in [-0.1, -0.05) is 23.2 Å². The Bertz CT molecular complexity index is 548. The second-order valence-electron chi connectivity index (χ2n) is 4.43. The van der Waals surface area contributed by atoms with Gasteiger partial charge in [0.15, 0.2) is 0 Å². The minimum Gasteiger partial charge on any atom is -0.506 e. The zero-order valence-electron chi connectivity index (χ0n) is 10.1. The van der Waals surface area contributed by atoms with Crippen molar-refractivity contribution >= 4 is 35.0 Å². The van der Waals surface area contributed by atoms with Crippen molar-refractivity contribution in [1.29, 1.82) is 0 Å². The average molecular weight is 303 g/mol. The fourth-order valence-electron chi connectivity index (χ4n) is 1.96. The summed E-state index contributed by atoms with van der Waals surface area (Å²) in [6.07, 6.45) is 0.247. The molecule has 2 amide bonds. The molecule has 1 unspecified atom stereocenters. The molecule has 1 aliphatic rings. The van der Waals surface area contributed by atoms with Crippen LogP contribution < -0.4 is 5.32 Å². The Kier molecular flexibility index (Phi) is 3.87. The normalized spacial score (nSPS) is 18.8. The van der Waals surface area contributed by atoms with E-state index < -0.39 is 5.91 Å². The molecule has 19 heavy (non-hydrogen) atoms. The van der Waals surface area contributed by atoms with Crippen molar-refractivity contribution < 1.29 is 14.7 Å². The monoisotopic (exact) mass is 302 g/mol. The fraction of sp³-hybridized carbons (Fsp3) is 0.333. The van der Waals surface area contributed by atoms with E-state index in [1.165, 1.54) is 17.0 Å². The summed E-state index contributed by atoms with van der Waals surface area (Å²) >= 11 is 11.5. The molecular formula is C12H12Cl2N2O3. The minimum absolute atomic E-state index is 0.000461. The molecule has 0 radical (unpaired) electrons. The van der Waals surface area contributed by atoms with Crippen molar-refractivity contribution in [2.75, 3.05) is 13.6 Å². The number of aromatic hydroxyl groups is 1. The Morgan fingerprint density at radius 2 is 2.16 bits per heavy atom. The van der Waals surface area contributed by atoms with Crippen molar-refractivity contribution in [3.8, 4) is 5.75 Å². The van der Waals surface area contributed by atoms with Crippen LogP contribution >= 0.6 is 23.2 Å². The van der Waals surface area contributed by atoms with E-state index in [-0.39, 0.29) is 39.7 Å². The Balaban J connectivity index is 2.15. The molecule has 0 spiro atoms. The van der Waals surface area contributed by atoms with Gasteiger partial charge in [-0.25, -0.2) is 0 Å². The third-order valence-corrected chi connectivity index (χ3v) is 3.46. The molecule has 0 aliphatic carbocycles. The van der Waals surface area contributed by atoms with E-state index in [0.29, 0.717) is 6.54 Å². The van der Waals surface area contributed by atoms with Gasteiger partial charge in [0.2, 0.25) is 5.91 Å². The average Bonchev–Trinajstić information content (AvgIpc) is 2.62. The second-order valence-corrected chi connectivity index (χ2v) is 5.28. The van der Waals surface area contributed by atoms with Gasteiger partial charge in [0.25, 0.3) is 5.91 Å². The molecule has 1 aromatic carbocycles. The van der Waals surface area contributed by atoms with Crippen LogP contribution in [0.3, 0.4) is 0 Å². The van der Waals surface area contributed by atoms with Crippen LogP contribution in [0.2, 0.25) is 10.0 Å². The summed E-state index contributed by atoms with van der Waals surface area (Å²) in [5, 5.41) is 12.7. The molecule has 5 nitrogen and oxygen atoms in total. The first-order chi connectivity index (χ1) is 8.88. The number of carbonyl (C=O) groups is 2. The number of hydrogen-bond acceptors (Lipinski definition) is 3. The highest BCUT2D eigenvalue weighted by molar-refractivity contribution is 6.36. The number of phenolic OH excluding ortho intramolecular Hbond substituents is 1. The van der Waals surface area contributed by atoms with Crippen LogP contribution in [0.4, 0.5) is 0 Å². The first-order valence-corrected chi connectivity index (χ1v) is 6.37. The van der Waals surface area contributed by atoms with Crippen LogP contribution in [0.15, 0.2) is 12.1 Å². The van der Waals surface area contributed by atoms with Gasteiger partial charge in [0, 0.05) is 25.0 Å². The van der Waals surface area contributed by atoms with Crippen LogP contribution in [0.25, 0.3) is 0 Å². The number of benzene rings is 1. The number of hydrogen-bond donors (Lipinski definition) is 2. The lowest BCUT2D eigenvalue weighted by atomic mass is 10.1. The third kappa shape index (κ3) is 2.93. The number of halogens is 2. The summed E-state index contributed by atoms with van der Waals surface area (Å²) in [6, 6.07) is 2.41. The summed E-state index contributed by atoms with van der Waals surface area (Å²) in [6.45, 7) is 0.444. The lowest BCUT2D eigenvalue weighted by Crippen LogP contribution is -2.36. The van der Waals surface area contributed by atoms with Gasteiger partial charge in [0.1, 0.15) is 5.75 Å². The Morgan fingerprint density at radius 1 is 1.47 bits per heavy atom. The summed E-state index contributed by atoms with van der Waals surface area (Å²) in [7, 11) is 1.67. The molecule has 2 N–H and O–H groups in total. The quantitative estimate of drug-likeness (QED) is 0.873. The number of likely N-dealkylation sites (tertiary alicyclic amines) is 1. The van der Waals surface area contributed by atoms with Crippen LogP contribution in [-0.2, 0) is 4.79 Å². The molecule has 1 heterocycles. The van der Waals surface area contributed by atoms with Crippen LogP contribution in [-0.4, -0.2) is 41.5 Å². The van der Waals surface area contributed by atoms with Crippen molar-refractivity contribution in [1.82, 2.24) is 10.2 Å². The Labute approximate surface area is 120 Å². The number of likely N-dealkylation sites (N-methyl/N-ethyl adjacent to an activating group) is 1. The van der Waals surface area contributed by atoms with Crippen LogP contribution in [0.1, 0.15) is 16.8 Å². The molecule has 1 aromatic rings. The van der Waals surface area contributed by atoms with Crippen LogP contribution in [0, 0.1) is 0 Å². The third-order valence-electron chi connectivity index (χ3n) is 2.95. The number of rotatable bonds is 2. The van der Waals surface area contributed by atoms with Crippen molar-refractivity contribution in [3.05, 3.63) is 27.7 Å². The molecule has 1 saturated heterocycles. The molecule has 0 bridgehead atoms. The number of carbonyl (C=O) groups excluding carboxylic acids is 2. The molecule has 7 heteroatoms. The molecule has 0 aromatic heterocycles. The van der Waals surface area contributed by atoms with Crippen molar-refractivity contribution in [3.63, 3.8) is 0 Å². The van der Waals surface area contributed by atoms with Gasteiger partial charge in [-0.05, 0) is 12.1 Å². The number of phenols is 1. The summed E-state index contributed by atoms with van der Waals surface area (Å²) < 4.78 is 0. The van der Waals surface area contributed by atoms with E-state index in [1.807, 2.05) is 0 Å². The largest absolute Gasteiger partial charge is 0.506 e. The number of nitrogens with zero attached hydrogens (tertiary/aromatic N) is 1. The van der Waals surface area contributed by atoms with Crippen molar-refractivity contribution in [2.24, 2.45) is 0 Å². The molecule has 1 atom stereocenters. The molecule has 0 saturated carbocycles. The first kappa shape index (κ1) is 14.0. The van der Waals surface area contributed by atoms with Gasteiger partial charge in [-0.3, -0.25) is 9.59 Å². The van der Waals surface area contributed by atoms with Gasteiger partial charge in [-0.2, -0.15) is 0 Å². The maximum absolute atomic E-state index is 12.0. The predicted octanol–water partition coefficient (Wildman–Crippen LogP) is 1.66. The Morgan fingerprint density at radius 3 is 2.74 bits per heavy atom. The SMILES string of the molecule is CN1CC(NC(=O)c2cc(Cl)cc(Cl)c2O)CC1=O. The molecular weight excluding hydrogens is 291 g/mol. The number of nitrogens with one attached hydrogen (secondary N) is 1. The lowest BCUT2D eigenvalue weighted by molar-refractivity contribution is -0.126. The van der Waals surface area contributed by atoms with E-state index >= 15 is 0 Å². The van der Waals surface area contributed by atoms with Gasteiger partial charge < -0.3 is 15.3 Å². The predicted molar refractivity (Wildman–Crippen MR) is 71.6 cm³/mol. The molecule has 2 rings (SSSR count). The highest BCUT2D eigenvalue weighted by atomic mass is 35.5.